The molecule has 1 N–H and O–H groups in total. The Morgan fingerprint density at radius 1 is 1.15 bits per heavy atom. The molecular formula is C14H15ClF6N4O. The molecular weight excluding hydrogens is 390 g/mol. The van der Waals surface area contributed by atoms with Gasteiger partial charge < -0.3 is 10.2 Å². The molecule has 5 nitrogen and oxygen atoms in total. The number of halogens is 7. The van der Waals surface area contributed by atoms with Crippen molar-refractivity contribution in [3.8, 4) is 0 Å². The van der Waals surface area contributed by atoms with E-state index in [2.05, 4.69) is 4.98 Å². The van der Waals surface area contributed by atoms with Crippen molar-refractivity contribution in [2.75, 3.05) is 44.2 Å². The number of aromatic nitrogens is 1. The van der Waals surface area contributed by atoms with Crippen LogP contribution in [0.1, 0.15) is 5.56 Å². The number of carbonyl (C=O) groups excluding carboxylic acids is 1. The third kappa shape index (κ3) is 5.90. The molecule has 0 spiro atoms. The second kappa shape index (κ2) is 7.87. The summed E-state index contributed by atoms with van der Waals surface area (Å²) in [6, 6.07) is 0.793. The van der Waals surface area contributed by atoms with Gasteiger partial charge in [-0.15, -0.1) is 0 Å². The van der Waals surface area contributed by atoms with Gasteiger partial charge in [0.2, 0.25) is 5.91 Å². The molecule has 146 valence electrons. The van der Waals surface area contributed by atoms with Crippen LogP contribution in [0, 0.1) is 0 Å². The van der Waals surface area contributed by atoms with Crippen molar-refractivity contribution in [3.05, 3.63) is 22.8 Å². The number of hydrogen-bond donors (Lipinski definition) is 1. The number of piperazine rings is 1. The van der Waals surface area contributed by atoms with Gasteiger partial charge in [-0.1, -0.05) is 11.6 Å². The smallest absolute Gasteiger partial charge is 0.353 e. The maximum Gasteiger partial charge on any atom is 0.417 e. The largest absolute Gasteiger partial charge is 0.417 e. The second-order valence-corrected chi connectivity index (χ2v) is 6.09. The van der Waals surface area contributed by atoms with Crippen molar-refractivity contribution in [1.29, 1.82) is 0 Å². The van der Waals surface area contributed by atoms with Crippen LogP contribution in [0.2, 0.25) is 5.02 Å². The molecule has 1 amide bonds. The Kier molecular flexibility index (Phi) is 6.22. The van der Waals surface area contributed by atoms with Gasteiger partial charge >= 0.3 is 12.4 Å². The van der Waals surface area contributed by atoms with Crippen LogP contribution >= 0.6 is 11.6 Å². The molecule has 0 atom stereocenters. The first-order valence-electron chi connectivity index (χ1n) is 7.49. The Morgan fingerprint density at radius 2 is 1.77 bits per heavy atom. The predicted molar refractivity (Wildman–Crippen MR) is 82.0 cm³/mol. The molecule has 0 radical (unpaired) electrons. The van der Waals surface area contributed by atoms with Gasteiger partial charge in [0.15, 0.2) is 0 Å². The minimum Gasteiger partial charge on any atom is -0.353 e. The highest BCUT2D eigenvalue weighted by Crippen LogP contribution is 2.33. The average molecular weight is 405 g/mol. The first-order chi connectivity index (χ1) is 12.0. The van der Waals surface area contributed by atoms with Crippen LogP contribution in [-0.4, -0.2) is 61.2 Å². The molecule has 12 heteroatoms. The van der Waals surface area contributed by atoms with Crippen LogP contribution in [0.25, 0.3) is 0 Å². The van der Waals surface area contributed by atoms with Gasteiger partial charge in [0.1, 0.15) is 12.4 Å². The lowest BCUT2D eigenvalue weighted by atomic mass is 10.2. The fourth-order valence-corrected chi connectivity index (χ4v) is 2.68. The van der Waals surface area contributed by atoms with Crippen LogP contribution in [-0.2, 0) is 11.0 Å². The average Bonchev–Trinajstić information content (AvgIpc) is 2.52. The van der Waals surface area contributed by atoms with Gasteiger partial charge in [-0.3, -0.25) is 9.69 Å². The summed E-state index contributed by atoms with van der Waals surface area (Å²) in [5.74, 6) is -0.553. The highest BCUT2D eigenvalue weighted by atomic mass is 35.5. The summed E-state index contributed by atoms with van der Waals surface area (Å²) < 4.78 is 74.0. The van der Waals surface area contributed by atoms with E-state index >= 15 is 0 Å². The molecule has 1 fully saturated rings. The summed E-state index contributed by atoms with van der Waals surface area (Å²) in [4.78, 5) is 18.5. The molecule has 1 aliphatic rings. The van der Waals surface area contributed by atoms with Crippen molar-refractivity contribution in [2.24, 2.45) is 0 Å². The lowest BCUT2D eigenvalue weighted by Gasteiger charge is -2.35. The van der Waals surface area contributed by atoms with E-state index in [4.69, 9.17) is 11.6 Å². The number of nitrogens with zero attached hydrogens (tertiary/aromatic N) is 3. The van der Waals surface area contributed by atoms with Crippen molar-refractivity contribution in [3.63, 3.8) is 0 Å². The molecule has 0 aliphatic carbocycles. The minimum absolute atomic E-state index is 0.142. The van der Waals surface area contributed by atoms with Crippen molar-refractivity contribution in [1.82, 2.24) is 15.2 Å². The number of amides is 1. The molecule has 1 aromatic rings. The van der Waals surface area contributed by atoms with Gasteiger partial charge in [-0.05, 0) is 6.07 Å². The molecule has 1 aliphatic heterocycles. The maximum absolute atomic E-state index is 12.6. The van der Waals surface area contributed by atoms with Crippen LogP contribution in [0.4, 0.5) is 32.2 Å². The van der Waals surface area contributed by atoms with E-state index in [0.29, 0.717) is 32.4 Å². The maximum atomic E-state index is 12.6. The van der Waals surface area contributed by atoms with E-state index in [1.54, 1.807) is 15.1 Å². The lowest BCUT2D eigenvalue weighted by Crippen LogP contribution is -2.50. The van der Waals surface area contributed by atoms with Crippen LogP contribution in [0.5, 0.6) is 0 Å². The summed E-state index contributed by atoms with van der Waals surface area (Å²) in [5.41, 5.74) is -0.953. The third-order valence-electron chi connectivity index (χ3n) is 3.67. The van der Waals surface area contributed by atoms with Gasteiger partial charge in [0.05, 0.1) is 17.1 Å². The highest BCUT2D eigenvalue weighted by Gasteiger charge is 2.32. The van der Waals surface area contributed by atoms with Crippen molar-refractivity contribution in [2.45, 2.75) is 12.4 Å². The van der Waals surface area contributed by atoms with E-state index in [1.807, 2.05) is 0 Å². The Balaban J connectivity index is 1.87. The second-order valence-electron chi connectivity index (χ2n) is 5.68. The number of pyridine rings is 1. The monoisotopic (exact) mass is 404 g/mol. The molecule has 1 aromatic heterocycles. The fraction of sp³-hybridized carbons (Fsp3) is 0.571. The van der Waals surface area contributed by atoms with Gasteiger partial charge in [-0.2, -0.15) is 26.3 Å². The first kappa shape index (κ1) is 20.6. The Morgan fingerprint density at radius 3 is 2.27 bits per heavy atom. The fourth-order valence-electron chi connectivity index (χ4n) is 2.39. The van der Waals surface area contributed by atoms with Gasteiger partial charge in [-0.25, -0.2) is 4.98 Å². The molecule has 26 heavy (non-hydrogen) atoms. The first-order valence-corrected chi connectivity index (χ1v) is 7.87. The highest BCUT2D eigenvalue weighted by molar-refractivity contribution is 6.33. The Bertz CT molecular complexity index is 643. The number of nitrogens with one attached hydrogen (secondary N) is 1. The number of rotatable bonds is 4. The van der Waals surface area contributed by atoms with Crippen molar-refractivity contribution >= 4 is 23.3 Å². The molecule has 2 heterocycles. The van der Waals surface area contributed by atoms with Crippen LogP contribution in [0.3, 0.4) is 0 Å². The van der Waals surface area contributed by atoms with Gasteiger partial charge in [0, 0.05) is 32.4 Å². The summed E-state index contributed by atoms with van der Waals surface area (Å²) in [6.45, 7) is -0.277. The zero-order chi connectivity index (χ0) is 19.5. The van der Waals surface area contributed by atoms with E-state index in [-0.39, 0.29) is 17.4 Å². The summed E-state index contributed by atoms with van der Waals surface area (Å²) >= 11 is 5.89. The number of carbonyl (C=O) groups is 1. The molecule has 0 saturated carbocycles. The normalized spacial score (nSPS) is 16.7. The molecule has 1 saturated heterocycles. The number of hydrogen-bond acceptors (Lipinski definition) is 4. The van der Waals surface area contributed by atoms with Crippen LogP contribution in [0.15, 0.2) is 12.3 Å². The molecule has 2 rings (SSSR count). The minimum atomic E-state index is -4.54. The Labute approximate surface area is 149 Å². The SMILES string of the molecule is O=C(CN1CCN(c2ncc(C(F)(F)F)cc2Cl)CC1)NCC(F)(F)F. The van der Waals surface area contributed by atoms with E-state index in [1.165, 1.54) is 0 Å². The van der Waals surface area contributed by atoms with Gasteiger partial charge in [0.25, 0.3) is 0 Å². The summed E-state index contributed by atoms with van der Waals surface area (Å²) in [5, 5.41) is 1.64. The zero-order valence-corrected chi connectivity index (χ0v) is 14.0. The predicted octanol–water partition coefficient (Wildman–Crippen LogP) is 2.55. The molecule has 0 bridgehead atoms. The van der Waals surface area contributed by atoms with Crippen molar-refractivity contribution < 1.29 is 31.1 Å². The standard InChI is InChI=1S/C14H15ClF6N4O/c15-10-5-9(14(19,20)21)6-22-12(10)25-3-1-24(2-4-25)7-11(26)23-8-13(16,17)18/h5-6H,1-4,7-8H2,(H,23,26). The van der Waals surface area contributed by atoms with E-state index in [9.17, 15) is 31.1 Å². The molecule has 0 unspecified atom stereocenters. The number of anilines is 1. The summed E-state index contributed by atoms with van der Waals surface area (Å²) in [7, 11) is 0. The summed E-state index contributed by atoms with van der Waals surface area (Å²) in [6.07, 6.45) is -8.32. The lowest BCUT2D eigenvalue weighted by molar-refractivity contribution is -0.139. The number of alkyl halides is 6. The molecule has 0 aromatic carbocycles. The van der Waals surface area contributed by atoms with Crippen LogP contribution < -0.4 is 10.2 Å². The van der Waals surface area contributed by atoms with E-state index in [0.717, 1.165) is 6.07 Å². The third-order valence-corrected chi connectivity index (χ3v) is 3.95. The van der Waals surface area contributed by atoms with E-state index < -0.39 is 30.4 Å². The topological polar surface area (TPSA) is 48.5 Å². The zero-order valence-electron chi connectivity index (χ0n) is 13.3. The quantitative estimate of drug-likeness (QED) is 0.784. The Hall–Kier alpha value is -1.75.